The molecule has 3 rings (SSSR count). The van der Waals surface area contributed by atoms with Gasteiger partial charge in [-0.25, -0.2) is 4.39 Å². The first kappa shape index (κ1) is 15.7. The number of hydrogen-bond donors (Lipinski definition) is 1. The highest BCUT2D eigenvalue weighted by atomic mass is 35.5. The van der Waals surface area contributed by atoms with Crippen LogP contribution >= 0.6 is 11.6 Å². The van der Waals surface area contributed by atoms with Crippen molar-refractivity contribution in [3.05, 3.63) is 34.6 Å². The van der Waals surface area contributed by atoms with Crippen LogP contribution in [0.15, 0.2) is 18.2 Å². The van der Waals surface area contributed by atoms with Crippen LogP contribution in [0.4, 0.5) is 4.39 Å². The van der Waals surface area contributed by atoms with Crippen molar-refractivity contribution in [3.63, 3.8) is 0 Å². The molecule has 2 heterocycles. The molecular formula is C16H19ClFNO3. The van der Waals surface area contributed by atoms with Gasteiger partial charge in [0.1, 0.15) is 11.9 Å². The van der Waals surface area contributed by atoms with Gasteiger partial charge in [0.2, 0.25) is 0 Å². The van der Waals surface area contributed by atoms with Crippen molar-refractivity contribution >= 4 is 17.6 Å². The van der Waals surface area contributed by atoms with Crippen molar-refractivity contribution in [1.82, 2.24) is 4.90 Å². The van der Waals surface area contributed by atoms with E-state index in [1.165, 1.54) is 18.2 Å². The summed E-state index contributed by atoms with van der Waals surface area (Å²) in [6.45, 7) is 2.16. The highest BCUT2D eigenvalue weighted by Gasteiger charge is 2.38. The van der Waals surface area contributed by atoms with Gasteiger partial charge in [0.05, 0.1) is 6.10 Å². The van der Waals surface area contributed by atoms with Crippen molar-refractivity contribution in [2.45, 2.75) is 31.4 Å². The van der Waals surface area contributed by atoms with Crippen LogP contribution in [0.25, 0.3) is 0 Å². The molecule has 1 aromatic carbocycles. The molecule has 0 radical (unpaired) electrons. The quantitative estimate of drug-likeness (QED) is 0.923. The Hall–Kier alpha value is -1.17. The van der Waals surface area contributed by atoms with Crippen LogP contribution in [0.2, 0.25) is 5.02 Å². The van der Waals surface area contributed by atoms with Crippen LogP contribution in [0.1, 0.15) is 30.9 Å². The fourth-order valence-electron chi connectivity index (χ4n) is 3.54. The minimum atomic E-state index is -0.957. The van der Waals surface area contributed by atoms with E-state index in [-0.39, 0.29) is 11.1 Å². The summed E-state index contributed by atoms with van der Waals surface area (Å²) in [7, 11) is 0. The fourth-order valence-corrected chi connectivity index (χ4v) is 3.81. The van der Waals surface area contributed by atoms with E-state index in [1.807, 2.05) is 4.90 Å². The van der Waals surface area contributed by atoms with Crippen LogP contribution in [-0.2, 0) is 9.53 Å². The highest BCUT2D eigenvalue weighted by molar-refractivity contribution is 6.31. The summed E-state index contributed by atoms with van der Waals surface area (Å²) in [6.07, 6.45) is 3.29. The second-order valence-corrected chi connectivity index (χ2v) is 6.41. The summed E-state index contributed by atoms with van der Waals surface area (Å²) in [5.41, 5.74) is 0.448. The summed E-state index contributed by atoms with van der Waals surface area (Å²) in [5, 5.41) is 9.77. The molecule has 1 aromatic rings. The van der Waals surface area contributed by atoms with E-state index in [1.54, 1.807) is 0 Å². The lowest BCUT2D eigenvalue weighted by molar-refractivity contribution is -0.143. The van der Waals surface area contributed by atoms with Crippen molar-refractivity contribution in [1.29, 1.82) is 0 Å². The third-order valence-corrected chi connectivity index (χ3v) is 4.93. The molecule has 2 saturated heterocycles. The molecule has 2 aliphatic rings. The Morgan fingerprint density at radius 3 is 2.91 bits per heavy atom. The summed E-state index contributed by atoms with van der Waals surface area (Å²) in [5.74, 6) is -1.05. The fraction of sp³-hybridized carbons (Fsp3) is 0.562. The van der Waals surface area contributed by atoms with Gasteiger partial charge in [-0.05, 0) is 49.4 Å². The van der Waals surface area contributed by atoms with Gasteiger partial charge >= 0.3 is 5.97 Å². The van der Waals surface area contributed by atoms with Crippen LogP contribution in [0.5, 0.6) is 0 Å². The molecule has 6 heteroatoms. The number of hydrogen-bond acceptors (Lipinski definition) is 3. The van der Waals surface area contributed by atoms with E-state index in [0.29, 0.717) is 24.6 Å². The van der Waals surface area contributed by atoms with Crippen molar-refractivity contribution in [2.75, 3.05) is 19.7 Å². The Balaban J connectivity index is 1.78. The van der Waals surface area contributed by atoms with Gasteiger partial charge in [-0.15, -0.1) is 0 Å². The number of benzene rings is 1. The first-order chi connectivity index (χ1) is 10.6. The Labute approximate surface area is 133 Å². The molecule has 0 bridgehead atoms. The minimum absolute atomic E-state index is 0.160. The normalized spacial score (nSPS) is 27.2. The SMILES string of the molecule is O=C(O)C(c1ccc(F)cc1Cl)N1CCC(C2CCCO2)C1. The molecule has 22 heavy (non-hydrogen) atoms. The molecule has 0 aliphatic carbocycles. The number of carboxylic acid groups (broad SMARTS) is 1. The van der Waals surface area contributed by atoms with Gasteiger partial charge in [0.15, 0.2) is 0 Å². The van der Waals surface area contributed by atoms with Crippen LogP contribution < -0.4 is 0 Å². The molecule has 2 fully saturated rings. The zero-order valence-corrected chi connectivity index (χ0v) is 12.9. The van der Waals surface area contributed by atoms with Gasteiger partial charge in [-0.3, -0.25) is 9.69 Å². The summed E-state index contributed by atoms with van der Waals surface area (Å²) < 4.78 is 18.9. The lowest BCUT2D eigenvalue weighted by atomic mass is 9.99. The first-order valence-corrected chi connectivity index (χ1v) is 7.97. The highest BCUT2D eigenvalue weighted by Crippen LogP contribution is 2.35. The molecule has 3 atom stereocenters. The molecule has 0 amide bonds. The molecule has 1 N–H and O–H groups in total. The molecular weight excluding hydrogens is 309 g/mol. The molecule has 0 spiro atoms. The van der Waals surface area contributed by atoms with E-state index in [4.69, 9.17) is 16.3 Å². The van der Waals surface area contributed by atoms with Crippen molar-refractivity contribution in [3.8, 4) is 0 Å². The molecule has 4 nitrogen and oxygen atoms in total. The number of carboxylic acids is 1. The van der Waals surface area contributed by atoms with Gasteiger partial charge in [-0.1, -0.05) is 17.7 Å². The van der Waals surface area contributed by atoms with Crippen molar-refractivity contribution < 1.29 is 19.0 Å². The molecule has 0 saturated carbocycles. The van der Waals surface area contributed by atoms with E-state index < -0.39 is 17.8 Å². The Kier molecular flexibility index (Phi) is 4.66. The average molecular weight is 328 g/mol. The third kappa shape index (κ3) is 3.12. The van der Waals surface area contributed by atoms with Crippen LogP contribution in [-0.4, -0.2) is 41.8 Å². The second kappa shape index (κ2) is 6.52. The number of aliphatic carboxylic acids is 1. The molecule has 2 aliphatic heterocycles. The van der Waals surface area contributed by atoms with Gasteiger partial charge in [-0.2, -0.15) is 0 Å². The topological polar surface area (TPSA) is 49.8 Å². The number of halogens is 2. The third-order valence-electron chi connectivity index (χ3n) is 4.60. The minimum Gasteiger partial charge on any atom is -0.480 e. The van der Waals surface area contributed by atoms with E-state index >= 15 is 0 Å². The van der Waals surface area contributed by atoms with E-state index in [0.717, 1.165) is 25.9 Å². The maximum atomic E-state index is 13.2. The van der Waals surface area contributed by atoms with E-state index in [2.05, 4.69) is 0 Å². The summed E-state index contributed by atoms with van der Waals surface area (Å²) in [6, 6.07) is 3.06. The Bertz CT molecular complexity index is 562. The summed E-state index contributed by atoms with van der Waals surface area (Å²) in [4.78, 5) is 13.6. The first-order valence-electron chi connectivity index (χ1n) is 7.59. The monoisotopic (exact) mass is 327 g/mol. The average Bonchev–Trinajstić information content (AvgIpc) is 3.11. The van der Waals surface area contributed by atoms with Gasteiger partial charge in [0.25, 0.3) is 0 Å². The number of likely N-dealkylation sites (tertiary alicyclic amines) is 1. The number of carbonyl (C=O) groups is 1. The maximum Gasteiger partial charge on any atom is 0.325 e. The van der Waals surface area contributed by atoms with Crippen LogP contribution in [0, 0.1) is 11.7 Å². The zero-order valence-electron chi connectivity index (χ0n) is 12.2. The number of rotatable bonds is 4. The van der Waals surface area contributed by atoms with Gasteiger partial charge < -0.3 is 9.84 Å². The molecule has 0 aromatic heterocycles. The molecule has 120 valence electrons. The standard InChI is InChI=1S/C16H19ClFNO3/c17-13-8-11(18)3-4-12(13)15(16(20)21)19-6-5-10(9-19)14-2-1-7-22-14/h3-4,8,10,14-15H,1-2,5-7,9H2,(H,20,21). The van der Waals surface area contributed by atoms with E-state index in [9.17, 15) is 14.3 Å². The summed E-state index contributed by atoms with van der Waals surface area (Å²) >= 11 is 6.06. The van der Waals surface area contributed by atoms with Gasteiger partial charge in [0, 0.05) is 18.2 Å². The lowest BCUT2D eigenvalue weighted by Crippen LogP contribution is -2.34. The largest absolute Gasteiger partial charge is 0.480 e. The predicted octanol–water partition coefficient (Wildman–Crippen LogP) is 3.11. The smallest absolute Gasteiger partial charge is 0.325 e. The Morgan fingerprint density at radius 1 is 1.45 bits per heavy atom. The predicted molar refractivity (Wildman–Crippen MR) is 80.4 cm³/mol. The maximum absolute atomic E-state index is 13.2. The zero-order chi connectivity index (χ0) is 15.7. The van der Waals surface area contributed by atoms with Crippen LogP contribution in [0.3, 0.4) is 0 Å². The Morgan fingerprint density at radius 2 is 2.27 bits per heavy atom. The molecule has 3 unspecified atom stereocenters. The number of nitrogens with zero attached hydrogens (tertiary/aromatic N) is 1. The second-order valence-electron chi connectivity index (χ2n) is 6.00. The lowest BCUT2D eigenvalue weighted by Gasteiger charge is -2.26. The number of ether oxygens (including phenoxy) is 1. The van der Waals surface area contributed by atoms with Crippen molar-refractivity contribution in [2.24, 2.45) is 5.92 Å².